The Morgan fingerprint density at radius 1 is 1.56 bits per heavy atom. The molecule has 1 fully saturated rings. The summed E-state index contributed by atoms with van der Waals surface area (Å²) in [6.45, 7) is 4.50. The first-order valence-corrected chi connectivity index (χ1v) is 7.04. The van der Waals surface area contributed by atoms with Crippen LogP contribution in [0.1, 0.15) is 18.9 Å². The average Bonchev–Trinajstić information content (AvgIpc) is 2.72. The first-order valence-electron chi connectivity index (χ1n) is 5.87. The average molecular weight is 333 g/mol. The molecule has 0 aromatic heterocycles. The molecule has 1 aromatic carbocycles. The van der Waals surface area contributed by atoms with Crippen molar-refractivity contribution in [2.75, 3.05) is 11.9 Å². The first kappa shape index (κ1) is 13.8. The molecule has 0 saturated carbocycles. The van der Waals surface area contributed by atoms with Crippen molar-refractivity contribution < 1.29 is 9.53 Å². The molecule has 0 aliphatic carbocycles. The molecule has 0 radical (unpaired) electrons. The number of anilines is 1. The van der Waals surface area contributed by atoms with Crippen LogP contribution in [0.4, 0.5) is 5.69 Å². The van der Waals surface area contributed by atoms with Crippen LogP contribution in [0.25, 0.3) is 0 Å². The molecule has 98 valence electrons. The van der Waals surface area contributed by atoms with Gasteiger partial charge in [-0.25, -0.2) is 0 Å². The third kappa shape index (κ3) is 2.87. The highest BCUT2D eigenvalue weighted by atomic mass is 79.9. The summed E-state index contributed by atoms with van der Waals surface area (Å²) >= 11 is 9.49. The third-order valence-corrected chi connectivity index (χ3v) is 4.28. The minimum atomic E-state index is -0.0861. The highest BCUT2D eigenvalue weighted by Gasteiger charge is 2.31. The van der Waals surface area contributed by atoms with Crippen molar-refractivity contribution in [1.82, 2.24) is 0 Å². The summed E-state index contributed by atoms with van der Waals surface area (Å²) in [5.74, 6) is -0.0994. The lowest BCUT2D eigenvalue weighted by Crippen LogP contribution is -2.27. The van der Waals surface area contributed by atoms with Crippen LogP contribution >= 0.6 is 27.5 Å². The van der Waals surface area contributed by atoms with Crippen LogP contribution in [0.5, 0.6) is 0 Å². The van der Waals surface area contributed by atoms with Gasteiger partial charge in [-0.3, -0.25) is 4.79 Å². The van der Waals surface area contributed by atoms with Crippen molar-refractivity contribution in [2.45, 2.75) is 26.4 Å². The van der Waals surface area contributed by atoms with Crippen molar-refractivity contribution in [2.24, 2.45) is 5.92 Å². The SMILES string of the molecule is Cc1cc(Br)c(NC(=O)C2CCOC2C)cc1Cl. The predicted octanol–water partition coefficient (Wildman–Crippen LogP) is 3.77. The van der Waals surface area contributed by atoms with Gasteiger partial charge in [0.05, 0.1) is 17.7 Å². The van der Waals surface area contributed by atoms with Gasteiger partial charge in [0.2, 0.25) is 5.91 Å². The van der Waals surface area contributed by atoms with E-state index in [9.17, 15) is 4.79 Å². The minimum absolute atomic E-state index is 0.0133. The van der Waals surface area contributed by atoms with Crippen LogP contribution in [0.15, 0.2) is 16.6 Å². The van der Waals surface area contributed by atoms with Crippen LogP contribution in [-0.2, 0) is 9.53 Å². The Labute approximate surface area is 120 Å². The van der Waals surface area contributed by atoms with E-state index >= 15 is 0 Å². The number of benzene rings is 1. The van der Waals surface area contributed by atoms with Crippen molar-refractivity contribution in [1.29, 1.82) is 0 Å². The number of hydrogen-bond acceptors (Lipinski definition) is 2. The number of nitrogens with one attached hydrogen (secondary N) is 1. The standard InChI is InChI=1S/C13H15BrClNO2/c1-7-5-10(14)12(6-11(7)15)16-13(17)9-3-4-18-8(9)2/h5-6,8-9H,3-4H2,1-2H3,(H,16,17). The monoisotopic (exact) mass is 331 g/mol. The van der Waals surface area contributed by atoms with Gasteiger partial charge in [0.25, 0.3) is 0 Å². The van der Waals surface area contributed by atoms with E-state index in [1.54, 1.807) is 6.07 Å². The van der Waals surface area contributed by atoms with Gasteiger partial charge in [-0.05, 0) is 53.9 Å². The molecule has 2 atom stereocenters. The Kier molecular flexibility index (Phi) is 4.30. The summed E-state index contributed by atoms with van der Waals surface area (Å²) in [6, 6.07) is 3.66. The third-order valence-electron chi connectivity index (χ3n) is 3.22. The highest BCUT2D eigenvalue weighted by Crippen LogP contribution is 2.30. The van der Waals surface area contributed by atoms with Crippen LogP contribution < -0.4 is 5.32 Å². The van der Waals surface area contributed by atoms with Gasteiger partial charge in [0, 0.05) is 16.1 Å². The van der Waals surface area contributed by atoms with Crippen LogP contribution in [-0.4, -0.2) is 18.6 Å². The molecule has 0 bridgehead atoms. The number of hydrogen-bond donors (Lipinski definition) is 1. The number of aryl methyl sites for hydroxylation is 1. The maximum Gasteiger partial charge on any atom is 0.230 e. The Morgan fingerprint density at radius 3 is 2.89 bits per heavy atom. The van der Waals surface area contributed by atoms with Crippen molar-refractivity contribution >= 4 is 39.1 Å². The summed E-state index contributed by atoms with van der Waals surface area (Å²) in [6.07, 6.45) is 0.745. The smallest absolute Gasteiger partial charge is 0.230 e. The highest BCUT2D eigenvalue weighted by molar-refractivity contribution is 9.10. The van der Waals surface area contributed by atoms with Gasteiger partial charge in [0.1, 0.15) is 0 Å². The lowest BCUT2D eigenvalue weighted by Gasteiger charge is -2.15. The number of ether oxygens (including phenoxy) is 1. The number of amides is 1. The molecular weight excluding hydrogens is 318 g/mol. The minimum Gasteiger partial charge on any atom is -0.378 e. The van der Waals surface area contributed by atoms with Gasteiger partial charge in [-0.2, -0.15) is 0 Å². The Morgan fingerprint density at radius 2 is 2.28 bits per heavy atom. The molecule has 2 unspecified atom stereocenters. The zero-order chi connectivity index (χ0) is 13.3. The maximum absolute atomic E-state index is 12.1. The first-order chi connectivity index (χ1) is 8.49. The fourth-order valence-corrected chi connectivity index (χ4v) is 2.76. The van der Waals surface area contributed by atoms with Crippen LogP contribution in [0.2, 0.25) is 5.02 Å². The van der Waals surface area contributed by atoms with E-state index in [4.69, 9.17) is 16.3 Å². The lowest BCUT2D eigenvalue weighted by molar-refractivity contribution is -0.121. The van der Waals surface area contributed by atoms with Crippen LogP contribution in [0, 0.1) is 12.8 Å². The second kappa shape index (κ2) is 5.59. The molecule has 18 heavy (non-hydrogen) atoms. The van der Waals surface area contributed by atoms with E-state index in [2.05, 4.69) is 21.2 Å². The molecular formula is C13H15BrClNO2. The van der Waals surface area contributed by atoms with Gasteiger partial charge in [0.15, 0.2) is 0 Å². The normalized spacial score (nSPS) is 23.1. The predicted molar refractivity (Wildman–Crippen MR) is 76.0 cm³/mol. The fourth-order valence-electron chi connectivity index (χ4n) is 2.04. The number of halogens is 2. The quantitative estimate of drug-likeness (QED) is 0.895. The van der Waals surface area contributed by atoms with Gasteiger partial charge < -0.3 is 10.1 Å². The van der Waals surface area contributed by atoms with Crippen molar-refractivity contribution in [3.05, 3.63) is 27.2 Å². The van der Waals surface area contributed by atoms with Crippen molar-refractivity contribution in [3.8, 4) is 0 Å². The van der Waals surface area contributed by atoms with Crippen LogP contribution in [0.3, 0.4) is 0 Å². The molecule has 2 rings (SSSR count). The molecule has 3 nitrogen and oxygen atoms in total. The summed E-state index contributed by atoms with van der Waals surface area (Å²) in [5.41, 5.74) is 1.67. The summed E-state index contributed by atoms with van der Waals surface area (Å²) in [5, 5.41) is 3.54. The second-order valence-corrected chi connectivity index (χ2v) is 5.80. The Balaban J connectivity index is 2.14. The zero-order valence-electron chi connectivity index (χ0n) is 10.3. The maximum atomic E-state index is 12.1. The van der Waals surface area contributed by atoms with E-state index in [0.717, 1.165) is 16.5 Å². The van der Waals surface area contributed by atoms with E-state index in [-0.39, 0.29) is 17.9 Å². The Bertz CT molecular complexity index is 478. The van der Waals surface area contributed by atoms with E-state index in [1.807, 2.05) is 19.9 Å². The molecule has 1 amide bonds. The second-order valence-electron chi connectivity index (χ2n) is 4.54. The molecule has 1 aliphatic heterocycles. The summed E-state index contributed by atoms with van der Waals surface area (Å²) in [4.78, 5) is 12.1. The molecule has 1 aliphatic rings. The topological polar surface area (TPSA) is 38.3 Å². The van der Waals surface area contributed by atoms with Gasteiger partial charge >= 0.3 is 0 Å². The number of rotatable bonds is 2. The van der Waals surface area contributed by atoms with E-state index in [1.165, 1.54) is 0 Å². The Hall–Kier alpha value is -0.580. The van der Waals surface area contributed by atoms with E-state index < -0.39 is 0 Å². The lowest BCUT2D eigenvalue weighted by atomic mass is 10.0. The molecule has 1 N–H and O–H groups in total. The number of carbonyl (C=O) groups is 1. The summed E-state index contributed by atoms with van der Waals surface area (Å²) in [7, 11) is 0. The zero-order valence-corrected chi connectivity index (χ0v) is 12.6. The molecule has 1 heterocycles. The molecule has 1 saturated heterocycles. The summed E-state index contributed by atoms with van der Waals surface area (Å²) < 4.78 is 6.24. The van der Waals surface area contributed by atoms with Gasteiger partial charge in [-0.1, -0.05) is 11.6 Å². The molecule has 5 heteroatoms. The number of carbonyl (C=O) groups excluding carboxylic acids is 1. The van der Waals surface area contributed by atoms with E-state index in [0.29, 0.717) is 17.3 Å². The van der Waals surface area contributed by atoms with Crippen molar-refractivity contribution in [3.63, 3.8) is 0 Å². The van der Waals surface area contributed by atoms with Gasteiger partial charge in [-0.15, -0.1) is 0 Å². The molecule has 1 aromatic rings. The largest absolute Gasteiger partial charge is 0.378 e. The fraction of sp³-hybridized carbons (Fsp3) is 0.462. The molecule has 0 spiro atoms.